The van der Waals surface area contributed by atoms with Crippen molar-refractivity contribution in [2.75, 3.05) is 5.32 Å². The summed E-state index contributed by atoms with van der Waals surface area (Å²) in [4.78, 5) is 0. The van der Waals surface area contributed by atoms with Gasteiger partial charge in [-0.25, -0.2) is 8.78 Å². The minimum Gasteiger partial charge on any atom is -0.377 e. The topological polar surface area (TPSA) is 12.0 Å². The highest BCUT2D eigenvalue weighted by atomic mass is 35.5. The van der Waals surface area contributed by atoms with Crippen molar-refractivity contribution in [1.29, 1.82) is 0 Å². The predicted molar refractivity (Wildman–Crippen MR) is 74.9 cm³/mol. The van der Waals surface area contributed by atoms with Crippen LogP contribution in [0.3, 0.4) is 0 Å². The molecule has 0 saturated heterocycles. The zero-order valence-electron chi connectivity index (χ0n) is 10.1. The van der Waals surface area contributed by atoms with Gasteiger partial charge in [0.05, 0.1) is 10.7 Å². The molecular formula is C14H11Cl2F2N. The van der Waals surface area contributed by atoms with Crippen LogP contribution in [0.1, 0.15) is 18.5 Å². The van der Waals surface area contributed by atoms with Gasteiger partial charge in [-0.1, -0.05) is 23.2 Å². The molecule has 0 fully saturated rings. The van der Waals surface area contributed by atoms with Crippen molar-refractivity contribution in [2.45, 2.75) is 13.0 Å². The number of anilines is 1. The summed E-state index contributed by atoms with van der Waals surface area (Å²) < 4.78 is 26.3. The van der Waals surface area contributed by atoms with Gasteiger partial charge in [-0.3, -0.25) is 0 Å². The van der Waals surface area contributed by atoms with Crippen molar-refractivity contribution in [3.63, 3.8) is 0 Å². The monoisotopic (exact) mass is 301 g/mol. The normalized spacial score (nSPS) is 12.3. The Morgan fingerprint density at radius 3 is 2.26 bits per heavy atom. The van der Waals surface area contributed by atoms with E-state index in [0.717, 1.165) is 6.07 Å². The minimum absolute atomic E-state index is 0.304. The average molecular weight is 302 g/mol. The Balaban J connectivity index is 2.25. The molecule has 0 heterocycles. The summed E-state index contributed by atoms with van der Waals surface area (Å²) in [5.41, 5.74) is 1.11. The molecule has 0 aliphatic heterocycles. The maximum Gasteiger partial charge on any atom is 0.126 e. The number of hydrogen-bond donors (Lipinski definition) is 1. The highest BCUT2D eigenvalue weighted by Gasteiger charge is 2.10. The van der Waals surface area contributed by atoms with Crippen molar-refractivity contribution in [1.82, 2.24) is 0 Å². The van der Waals surface area contributed by atoms with Crippen LogP contribution >= 0.6 is 23.2 Å². The maximum atomic E-state index is 13.2. The second-order valence-corrected chi connectivity index (χ2v) is 5.04. The quantitative estimate of drug-likeness (QED) is 0.795. The van der Waals surface area contributed by atoms with Gasteiger partial charge in [-0.2, -0.15) is 0 Å². The Bertz CT molecular complexity index is 582. The van der Waals surface area contributed by atoms with E-state index in [0.29, 0.717) is 21.3 Å². The summed E-state index contributed by atoms with van der Waals surface area (Å²) in [6.07, 6.45) is 0. The van der Waals surface area contributed by atoms with E-state index in [-0.39, 0.29) is 6.04 Å². The summed E-state index contributed by atoms with van der Waals surface area (Å²) in [7, 11) is 0. The lowest BCUT2D eigenvalue weighted by atomic mass is 10.1. The van der Waals surface area contributed by atoms with Crippen molar-refractivity contribution >= 4 is 28.9 Å². The molecule has 0 aliphatic rings. The molecule has 1 nitrogen and oxygen atoms in total. The standard InChI is InChI=1S/C14H11Cl2F2N/c1-8(9-4-11(17)7-12(18)5-9)19-14-6-10(15)2-3-13(14)16/h2-8,19H,1H3. The van der Waals surface area contributed by atoms with Gasteiger partial charge in [0.1, 0.15) is 11.6 Å². The molecule has 0 amide bonds. The van der Waals surface area contributed by atoms with E-state index in [2.05, 4.69) is 5.32 Å². The van der Waals surface area contributed by atoms with Gasteiger partial charge in [0.25, 0.3) is 0 Å². The lowest BCUT2D eigenvalue weighted by Gasteiger charge is -2.17. The fraction of sp³-hybridized carbons (Fsp3) is 0.143. The zero-order chi connectivity index (χ0) is 14.0. The highest BCUT2D eigenvalue weighted by molar-refractivity contribution is 6.35. The fourth-order valence-electron chi connectivity index (χ4n) is 1.75. The van der Waals surface area contributed by atoms with Crippen molar-refractivity contribution < 1.29 is 8.78 Å². The zero-order valence-corrected chi connectivity index (χ0v) is 11.6. The number of nitrogens with one attached hydrogen (secondary N) is 1. The smallest absolute Gasteiger partial charge is 0.126 e. The molecule has 0 radical (unpaired) electrons. The summed E-state index contributed by atoms with van der Waals surface area (Å²) >= 11 is 11.9. The van der Waals surface area contributed by atoms with Crippen molar-refractivity contribution in [3.8, 4) is 0 Å². The van der Waals surface area contributed by atoms with Gasteiger partial charge in [0.15, 0.2) is 0 Å². The first-order valence-electron chi connectivity index (χ1n) is 5.63. The molecular weight excluding hydrogens is 291 g/mol. The molecule has 2 rings (SSSR count). The van der Waals surface area contributed by atoms with Crippen LogP contribution in [0.25, 0.3) is 0 Å². The minimum atomic E-state index is -0.610. The number of benzene rings is 2. The summed E-state index contributed by atoms with van der Waals surface area (Å²) in [5.74, 6) is -1.22. The van der Waals surface area contributed by atoms with Gasteiger partial charge >= 0.3 is 0 Å². The molecule has 5 heteroatoms. The van der Waals surface area contributed by atoms with Crippen LogP contribution in [0.2, 0.25) is 10.0 Å². The molecule has 0 saturated carbocycles. The van der Waals surface area contributed by atoms with Crippen LogP contribution in [-0.2, 0) is 0 Å². The van der Waals surface area contributed by atoms with E-state index < -0.39 is 11.6 Å². The Morgan fingerprint density at radius 1 is 1.00 bits per heavy atom. The second-order valence-electron chi connectivity index (χ2n) is 4.19. The first-order valence-corrected chi connectivity index (χ1v) is 6.39. The van der Waals surface area contributed by atoms with Crippen LogP contribution in [0.15, 0.2) is 36.4 Å². The molecule has 0 aromatic heterocycles. The van der Waals surface area contributed by atoms with E-state index in [9.17, 15) is 8.78 Å². The molecule has 0 spiro atoms. The SMILES string of the molecule is CC(Nc1cc(Cl)ccc1Cl)c1cc(F)cc(F)c1. The van der Waals surface area contributed by atoms with Crippen LogP contribution < -0.4 is 5.32 Å². The molecule has 1 unspecified atom stereocenters. The predicted octanol–water partition coefficient (Wildman–Crippen LogP) is 5.44. The third-order valence-corrected chi connectivity index (χ3v) is 3.25. The molecule has 1 atom stereocenters. The third-order valence-electron chi connectivity index (χ3n) is 2.69. The van der Waals surface area contributed by atoms with Crippen molar-refractivity contribution in [3.05, 3.63) is 63.6 Å². The molecule has 0 aliphatic carbocycles. The fourth-order valence-corrected chi connectivity index (χ4v) is 2.09. The lowest BCUT2D eigenvalue weighted by molar-refractivity contribution is 0.577. The maximum absolute atomic E-state index is 13.2. The van der Waals surface area contributed by atoms with Gasteiger partial charge in [-0.05, 0) is 42.8 Å². The third kappa shape index (κ3) is 3.58. The highest BCUT2D eigenvalue weighted by Crippen LogP contribution is 2.29. The Kier molecular flexibility index (Phi) is 4.27. The van der Waals surface area contributed by atoms with Gasteiger partial charge in [-0.15, -0.1) is 0 Å². The molecule has 19 heavy (non-hydrogen) atoms. The summed E-state index contributed by atoms with van der Waals surface area (Å²) in [5, 5.41) is 4.10. The first-order chi connectivity index (χ1) is 8.95. The van der Waals surface area contributed by atoms with E-state index in [1.807, 2.05) is 0 Å². The van der Waals surface area contributed by atoms with E-state index in [4.69, 9.17) is 23.2 Å². The Hall–Kier alpha value is -1.32. The molecule has 2 aromatic carbocycles. The second kappa shape index (κ2) is 5.76. The van der Waals surface area contributed by atoms with Crippen LogP contribution in [0, 0.1) is 11.6 Å². The van der Waals surface area contributed by atoms with E-state index in [1.54, 1.807) is 25.1 Å². The molecule has 0 bridgehead atoms. The average Bonchev–Trinajstić information content (AvgIpc) is 2.32. The Labute approximate surface area is 120 Å². The number of hydrogen-bond acceptors (Lipinski definition) is 1. The van der Waals surface area contributed by atoms with E-state index in [1.165, 1.54) is 12.1 Å². The van der Waals surface area contributed by atoms with Gasteiger partial charge < -0.3 is 5.32 Å². The van der Waals surface area contributed by atoms with Crippen LogP contribution in [0.4, 0.5) is 14.5 Å². The largest absolute Gasteiger partial charge is 0.377 e. The van der Waals surface area contributed by atoms with Gasteiger partial charge in [0.2, 0.25) is 0 Å². The molecule has 100 valence electrons. The number of halogens is 4. The van der Waals surface area contributed by atoms with Crippen LogP contribution in [0.5, 0.6) is 0 Å². The summed E-state index contributed by atoms with van der Waals surface area (Å²) in [6.45, 7) is 1.78. The first kappa shape index (κ1) is 14.1. The molecule has 1 N–H and O–H groups in total. The number of rotatable bonds is 3. The van der Waals surface area contributed by atoms with Gasteiger partial charge in [0, 0.05) is 17.1 Å². The van der Waals surface area contributed by atoms with Crippen molar-refractivity contribution in [2.24, 2.45) is 0 Å². The van der Waals surface area contributed by atoms with Crippen LogP contribution in [-0.4, -0.2) is 0 Å². The van der Waals surface area contributed by atoms with E-state index >= 15 is 0 Å². The Morgan fingerprint density at radius 2 is 1.63 bits per heavy atom. The molecule has 2 aromatic rings. The summed E-state index contributed by atoms with van der Waals surface area (Å²) in [6, 6.07) is 8.07. The lowest BCUT2D eigenvalue weighted by Crippen LogP contribution is -2.07.